The zero-order valence-corrected chi connectivity index (χ0v) is 11.7. The Morgan fingerprint density at radius 1 is 1.35 bits per heavy atom. The number of hydrogen-bond donors (Lipinski definition) is 1. The zero-order chi connectivity index (χ0) is 12.9. The number of piperidine rings is 1. The second kappa shape index (κ2) is 6.68. The van der Waals surface area contributed by atoms with Crippen LogP contribution in [-0.2, 0) is 10.2 Å². The van der Waals surface area contributed by atoms with Crippen LogP contribution in [0.25, 0.3) is 0 Å². The van der Waals surface area contributed by atoms with E-state index in [1.165, 1.54) is 17.1 Å². The Bertz CT molecular complexity index is 311. The van der Waals surface area contributed by atoms with Crippen molar-refractivity contribution >= 4 is 10.2 Å². The van der Waals surface area contributed by atoms with Crippen molar-refractivity contribution < 1.29 is 8.42 Å². The van der Waals surface area contributed by atoms with Crippen LogP contribution in [0.4, 0.5) is 0 Å². The van der Waals surface area contributed by atoms with Gasteiger partial charge in [0.2, 0.25) is 0 Å². The lowest BCUT2D eigenvalue weighted by atomic mass is 9.97. The predicted octanol–water partition coefficient (Wildman–Crippen LogP) is 0.634. The van der Waals surface area contributed by atoms with Gasteiger partial charge in [-0.1, -0.05) is 13.3 Å². The molecular weight excluding hydrogens is 238 g/mol. The van der Waals surface area contributed by atoms with Crippen molar-refractivity contribution in [3.63, 3.8) is 0 Å². The largest absolute Gasteiger partial charge is 0.306 e. The van der Waals surface area contributed by atoms with Crippen LogP contribution in [0.5, 0.6) is 0 Å². The van der Waals surface area contributed by atoms with Crippen molar-refractivity contribution in [2.24, 2.45) is 11.1 Å². The highest BCUT2D eigenvalue weighted by Crippen LogP contribution is 2.19. The van der Waals surface area contributed by atoms with Crippen molar-refractivity contribution in [2.45, 2.75) is 32.6 Å². The third-order valence-corrected chi connectivity index (χ3v) is 4.48. The number of nitrogens with two attached hydrogens (primary N) is 1. The van der Waals surface area contributed by atoms with E-state index in [1.807, 2.05) is 0 Å². The molecule has 5 nitrogen and oxygen atoms in total. The number of nitrogens with zero attached hydrogens (tertiary/aromatic N) is 2. The highest BCUT2D eigenvalue weighted by Gasteiger charge is 2.25. The Labute approximate surface area is 105 Å². The Hall–Kier alpha value is -0.170. The maximum atomic E-state index is 11.1. The average Bonchev–Trinajstić information content (AvgIpc) is 2.26. The molecule has 0 bridgehead atoms. The van der Waals surface area contributed by atoms with E-state index < -0.39 is 10.2 Å². The SMILES string of the molecule is CCCCN(C)CC1CCN(S(N)(=O)=O)CC1. The summed E-state index contributed by atoms with van der Waals surface area (Å²) < 4.78 is 23.7. The van der Waals surface area contributed by atoms with Gasteiger partial charge in [0.15, 0.2) is 0 Å². The quantitative estimate of drug-likeness (QED) is 0.764. The molecule has 1 aliphatic rings. The van der Waals surface area contributed by atoms with Gasteiger partial charge in [0.05, 0.1) is 0 Å². The molecule has 0 aromatic carbocycles. The molecule has 0 saturated carbocycles. The minimum absolute atomic E-state index is 0.575. The van der Waals surface area contributed by atoms with Crippen molar-refractivity contribution in [2.75, 3.05) is 33.2 Å². The molecule has 0 unspecified atom stereocenters. The summed E-state index contributed by atoms with van der Waals surface area (Å²) in [4.78, 5) is 2.35. The summed E-state index contributed by atoms with van der Waals surface area (Å²) >= 11 is 0. The van der Waals surface area contributed by atoms with E-state index in [0.29, 0.717) is 19.0 Å². The zero-order valence-electron chi connectivity index (χ0n) is 10.9. The summed E-state index contributed by atoms with van der Waals surface area (Å²) in [5.41, 5.74) is 0. The topological polar surface area (TPSA) is 66.6 Å². The van der Waals surface area contributed by atoms with Gasteiger partial charge >= 0.3 is 0 Å². The average molecular weight is 263 g/mol. The summed E-state index contributed by atoms with van der Waals surface area (Å²) in [6.07, 6.45) is 4.29. The van der Waals surface area contributed by atoms with Crippen molar-refractivity contribution in [3.8, 4) is 0 Å². The minimum atomic E-state index is -3.47. The van der Waals surface area contributed by atoms with Crippen molar-refractivity contribution in [1.82, 2.24) is 9.21 Å². The fourth-order valence-corrected chi connectivity index (χ4v) is 3.03. The fourth-order valence-electron chi connectivity index (χ4n) is 2.31. The van der Waals surface area contributed by atoms with E-state index in [1.54, 1.807) is 0 Å². The Kier molecular flexibility index (Phi) is 5.85. The van der Waals surface area contributed by atoms with Crippen LogP contribution in [0.1, 0.15) is 32.6 Å². The van der Waals surface area contributed by atoms with Gasteiger partial charge in [-0.25, -0.2) is 5.14 Å². The summed E-state index contributed by atoms with van der Waals surface area (Å²) in [6.45, 7) is 5.54. The van der Waals surface area contributed by atoms with E-state index in [2.05, 4.69) is 18.9 Å². The summed E-state index contributed by atoms with van der Waals surface area (Å²) in [5, 5.41) is 5.11. The molecule has 0 amide bonds. The van der Waals surface area contributed by atoms with E-state index >= 15 is 0 Å². The van der Waals surface area contributed by atoms with E-state index in [4.69, 9.17) is 5.14 Å². The molecule has 0 aliphatic carbocycles. The Balaban J connectivity index is 2.28. The normalized spacial score (nSPS) is 20.0. The van der Waals surface area contributed by atoms with Gasteiger partial charge in [-0.2, -0.15) is 12.7 Å². The van der Waals surface area contributed by atoms with E-state index in [9.17, 15) is 8.42 Å². The molecule has 17 heavy (non-hydrogen) atoms. The standard InChI is InChI=1S/C11H25N3O2S/c1-3-4-7-13(2)10-11-5-8-14(9-6-11)17(12,15)16/h11H,3-10H2,1-2H3,(H2,12,15,16). The first-order chi connectivity index (χ1) is 7.93. The molecule has 6 heteroatoms. The number of rotatable bonds is 6. The molecule has 1 fully saturated rings. The first kappa shape index (κ1) is 14.9. The maximum absolute atomic E-state index is 11.1. The molecule has 102 valence electrons. The van der Waals surface area contributed by atoms with Gasteiger partial charge in [0, 0.05) is 19.6 Å². The monoisotopic (exact) mass is 263 g/mol. The first-order valence-corrected chi connectivity index (χ1v) is 7.90. The van der Waals surface area contributed by atoms with Crippen LogP contribution < -0.4 is 5.14 Å². The smallest absolute Gasteiger partial charge is 0.276 e. The lowest BCUT2D eigenvalue weighted by molar-refractivity contribution is 0.204. The third-order valence-electron chi connectivity index (χ3n) is 3.40. The minimum Gasteiger partial charge on any atom is -0.306 e. The second-order valence-electron chi connectivity index (χ2n) is 5.00. The highest BCUT2D eigenvalue weighted by molar-refractivity contribution is 7.86. The van der Waals surface area contributed by atoms with Crippen LogP contribution >= 0.6 is 0 Å². The lowest BCUT2D eigenvalue weighted by Gasteiger charge is -2.32. The van der Waals surface area contributed by atoms with Crippen molar-refractivity contribution in [3.05, 3.63) is 0 Å². The summed E-state index contributed by atoms with van der Waals surface area (Å²) in [6, 6.07) is 0. The Morgan fingerprint density at radius 2 is 1.94 bits per heavy atom. The van der Waals surface area contributed by atoms with Crippen LogP contribution in [0.3, 0.4) is 0 Å². The summed E-state index contributed by atoms with van der Waals surface area (Å²) in [7, 11) is -1.33. The van der Waals surface area contributed by atoms with Gasteiger partial charge in [0.1, 0.15) is 0 Å². The molecule has 0 aromatic rings. The number of unbranched alkanes of at least 4 members (excludes halogenated alkanes) is 1. The first-order valence-electron chi connectivity index (χ1n) is 6.40. The van der Waals surface area contributed by atoms with Crippen LogP contribution in [0.2, 0.25) is 0 Å². The molecule has 0 spiro atoms. The molecule has 2 N–H and O–H groups in total. The van der Waals surface area contributed by atoms with Gasteiger partial charge in [-0.05, 0) is 38.8 Å². The molecule has 1 aliphatic heterocycles. The molecular formula is C11H25N3O2S. The molecule has 1 rings (SSSR count). The summed E-state index contributed by atoms with van der Waals surface area (Å²) in [5.74, 6) is 0.606. The molecule has 0 atom stereocenters. The van der Waals surface area contributed by atoms with Gasteiger partial charge in [0.25, 0.3) is 10.2 Å². The number of hydrogen-bond acceptors (Lipinski definition) is 3. The predicted molar refractivity (Wildman–Crippen MR) is 69.8 cm³/mol. The van der Waals surface area contributed by atoms with Gasteiger partial charge in [-0.3, -0.25) is 0 Å². The van der Waals surface area contributed by atoms with Crippen LogP contribution in [0, 0.1) is 5.92 Å². The van der Waals surface area contributed by atoms with Crippen LogP contribution in [-0.4, -0.2) is 50.8 Å². The van der Waals surface area contributed by atoms with Gasteiger partial charge < -0.3 is 4.90 Å². The molecule has 0 radical (unpaired) electrons. The Morgan fingerprint density at radius 3 is 2.41 bits per heavy atom. The van der Waals surface area contributed by atoms with E-state index in [0.717, 1.165) is 25.9 Å². The lowest BCUT2D eigenvalue weighted by Crippen LogP contribution is -2.44. The van der Waals surface area contributed by atoms with Crippen molar-refractivity contribution in [1.29, 1.82) is 0 Å². The molecule has 0 aromatic heterocycles. The molecule has 1 heterocycles. The van der Waals surface area contributed by atoms with Crippen LogP contribution in [0.15, 0.2) is 0 Å². The molecule has 1 saturated heterocycles. The fraction of sp³-hybridized carbons (Fsp3) is 1.00. The third kappa shape index (κ3) is 5.33. The highest BCUT2D eigenvalue weighted by atomic mass is 32.2. The maximum Gasteiger partial charge on any atom is 0.276 e. The van der Waals surface area contributed by atoms with E-state index in [-0.39, 0.29) is 0 Å². The second-order valence-corrected chi connectivity index (χ2v) is 6.55. The van der Waals surface area contributed by atoms with Gasteiger partial charge in [-0.15, -0.1) is 0 Å².